The van der Waals surface area contributed by atoms with Gasteiger partial charge in [-0.1, -0.05) is 29.8 Å². The van der Waals surface area contributed by atoms with Crippen LogP contribution in [-0.4, -0.2) is 17.9 Å². The number of carbonyl (C=O) groups is 2. The van der Waals surface area contributed by atoms with Crippen molar-refractivity contribution >= 4 is 40.5 Å². The molecule has 0 unspecified atom stereocenters. The predicted molar refractivity (Wildman–Crippen MR) is 91.9 cm³/mol. The first-order valence-corrected chi connectivity index (χ1v) is 7.63. The molecular weight excluding hydrogens is 314 g/mol. The lowest BCUT2D eigenvalue weighted by Crippen LogP contribution is -2.41. The van der Waals surface area contributed by atoms with E-state index in [0.29, 0.717) is 10.7 Å². The molecule has 0 spiro atoms. The maximum Gasteiger partial charge on any atom is 0.247 e. The Morgan fingerprint density at radius 1 is 1.22 bits per heavy atom. The zero-order valence-corrected chi connectivity index (χ0v) is 13.3. The van der Waals surface area contributed by atoms with Crippen molar-refractivity contribution in [1.29, 1.82) is 0 Å². The van der Waals surface area contributed by atoms with Crippen molar-refractivity contribution in [3.8, 4) is 0 Å². The number of carbonyl (C=O) groups excluding carboxylic acids is 2. The minimum Gasteiger partial charge on any atom is -0.372 e. The average molecular weight is 330 g/mol. The summed E-state index contributed by atoms with van der Waals surface area (Å²) in [5, 5.41) is 9.22. The number of aryl methyl sites for hydroxylation is 1. The van der Waals surface area contributed by atoms with Crippen molar-refractivity contribution in [2.75, 3.05) is 16.0 Å². The number of hydrogen-bond donors (Lipinski definition) is 3. The largest absolute Gasteiger partial charge is 0.372 e. The van der Waals surface area contributed by atoms with E-state index in [-0.39, 0.29) is 18.2 Å². The fraction of sp³-hybridized carbons (Fsp3) is 0.176. The van der Waals surface area contributed by atoms with Crippen molar-refractivity contribution < 1.29 is 9.59 Å². The van der Waals surface area contributed by atoms with Crippen LogP contribution in [0.25, 0.3) is 0 Å². The third-order valence-corrected chi connectivity index (χ3v) is 4.08. The Kier molecular flexibility index (Phi) is 4.21. The van der Waals surface area contributed by atoms with Crippen LogP contribution in [0.15, 0.2) is 42.5 Å². The van der Waals surface area contributed by atoms with Crippen LogP contribution in [0.4, 0.5) is 17.1 Å². The van der Waals surface area contributed by atoms with Gasteiger partial charge in [-0.05, 0) is 36.8 Å². The minimum absolute atomic E-state index is 0.0334. The summed E-state index contributed by atoms with van der Waals surface area (Å²) in [5.41, 5.74) is 3.08. The van der Waals surface area contributed by atoms with Gasteiger partial charge in [-0.15, -0.1) is 0 Å². The Morgan fingerprint density at radius 2 is 1.96 bits per heavy atom. The molecule has 23 heavy (non-hydrogen) atoms. The molecule has 0 aromatic heterocycles. The highest BCUT2D eigenvalue weighted by molar-refractivity contribution is 6.31. The van der Waals surface area contributed by atoms with Crippen molar-refractivity contribution in [3.63, 3.8) is 0 Å². The topological polar surface area (TPSA) is 70.2 Å². The van der Waals surface area contributed by atoms with Gasteiger partial charge in [0.25, 0.3) is 0 Å². The molecule has 3 N–H and O–H groups in total. The molecule has 1 aliphatic heterocycles. The highest BCUT2D eigenvalue weighted by Gasteiger charge is 2.27. The molecule has 0 fully saturated rings. The van der Waals surface area contributed by atoms with Gasteiger partial charge in [0.1, 0.15) is 6.04 Å². The number of nitrogens with one attached hydrogen (secondary N) is 3. The summed E-state index contributed by atoms with van der Waals surface area (Å²) < 4.78 is 0. The molecule has 1 aliphatic rings. The fourth-order valence-electron chi connectivity index (χ4n) is 2.40. The van der Waals surface area contributed by atoms with Gasteiger partial charge >= 0.3 is 0 Å². The third kappa shape index (κ3) is 3.46. The van der Waals surface area contributed by atoms with Crippen LogP contribution in [0.2, 0.25) is 5.02 Å². The lowest BCUT2D eigenvalue weighted by atomic mass is 10.1. The molecule has 6 heteroatoms. The standard InChI is InChI=1S/C17H16ClN3O2/c1-10-6-7-11(8-12(10)18)19-16(22)9-15-17(23)21-14-5-3-2-4-13(14)20-15/h2-8,15,20H,9H2,1H3,(H,19,22)(H,21,23)/t15-/m1/s1. The second kappa shape index (κ2) is 6.30. The molecule has 0 bridgehead atoms. The van der Waals surface area contributed by atoms with E-state index in [9.17, 15) is 9.59 Å². The smallest absolute Gasteiger partial charge is 0.247 e. The average Bonchev–Trinajstić information content (AvgIpc) is 2.51. The van der Waals surface area contributed by atoms with Crippen LogP contribution in [0.3, 0.4) is 0 Å². The number of benzene rings is 2. The lowest BCUT2D eigenvalue weighted by molar-refractivity contribution is -0.122. The highest BCUT2D eigenvalue weighted by atomic mass is 35.5. The molecule has 0 radical (unpaired) electrons. The van der Waals surface area contributed by atoms with E-state index < -0.39 is 6.04 Å². The number of fused-ring (bicyclic) bond motifs is 1. The van der Waals surface area contributed by atoms with Gasteiger partial charge in [0.15, 0.2) is 0 Å². The van der Waals surface area contributed by atoms with Crippen molar-refractivity contribution in [1.82, 2.24) is 0 Å². The van der Waals surface area contributed by atoms with Crippen LogP contribution >= 0.6 is 11.6 Å². The number of anilines is 3. The summed E-state index contributed by atoms with van der Waals surface area (Å²) in [7, 11) is 0. The molecule has 2 amide bonds. The van der Waals surface area contributed by atoms with E-state index in [1.165, 1.54) is 0 Å². The van der Waals surface area contributed by atoms with E-state index in [0.717, 1.165) is 16.9 Å². The van der Waals surface area contributed by atoms with Crippen molar-refractivity contribution in [3.05, 3.63) is 53.1 Å². The summed E-state index contributed by atoms with van der Waals surface area (Å²) in [6.45, 7) is 1.89. The van der Waals surface area contributed by atoms with E-state index in [2.05, 4.69) is 16.0 Å². The molecule has 2 aromatic carbocycles. The first-order valence-electron chi connectivity index (χ1n) is 7.25. The second-order valence-electron chi connectivity index (χ2n) is 5.45. The maximum atomic E-state index is 12.2. The van der Waals surface area contributed by atoms with Crippen LogP contribution in [0.1, 0.15) is 12.0 Å². The quantitative estimate of drug-likeness (QED) is 0.808. The SMILES string of the molecule is Cc1ccc(NC(=O)C[C@H]2Nc3ccccc3NC2=O)cc1Cl. The summed E-state index contributed by atoms with van der Waals surface area (Å²) in [5.74, 6) is -0.474. The maximum absolute atomic E-state index is 12.2. The van der Waals surface area contributed by atoms with Gasteiger partial charge in [-0.2, -0.15) is 0 Å². The molecule has 5 nitrogen and oxygen atoms in total. The Morgan fingerprint density at radius 3 is 2.70 bits per heavy atom. The first-order chi connectivity index (χ1) is 11.0. The van der Waals surface area contributed by atoms with Crippen LogP contribution in [0, 0.1) is 6.92 Å². The fourth-order valence-corrected chi connectivity index (χ4v) is 2.58. The van der Waals surface area contributed by atoms with Gasteiger partial charge in [0, 0.05) is 10.7 Å². The summed E-state index contributed by atoms with van der Waals surface area (Å²) in [6.07, 6.45) is 0.0334. The Hall–Kier alpha value is -2.53. The molecule has 0 saturated carbocycles. The van der Waals surface area contributed by atoms with Crippen molar-refractivity contribution in [2.45, 2.75) is 19.4 Å². The monoisotopic (exact) mass is 329 g/mol. The van der Waals surface area contributed by atoms with Crippen LogP contribution in [-0.2, 0) is 9.59 Å². The second-order valence-corrected chi connectivity index (χ2v) is 5.86. The van der Waals surface area contributed by atoms with Crippen molar-refractivity contribution in [2.24, 2.45) is 0 Å². The Balaban J connectivity index is 1.66. The number of para-hydroxylation sites is 2. The lowest BCUT2D eigenvalue weighted by Gasteiger charge is -2.26. The third-order valence-electron chi connectivity index (χ3n) is 3.68. The number of hydrogen-bond acceptors (Lipinski definition) is 3. The van der Waals surface area contributed by atoms with Gasteiger partial charge in [0.05, 0.1) is 17.8 Å². The van der Waals surface area contributed by atoms with E-state index >= 15 is 0 Å². The molecule has 1 atom stereocenters. The summed E-state index contributed by atoms with van der Waals surface area (Å²) >= 11 is 6.04. The van der Waals surface area contributed by atoms with E-state index in [4.69, 9.17) is 11.6 Å². The zero-order valence-electron chi connectivity index (χ0n) is 12.5. The molecule has 0 aliphatic carbocycles. The number of amides is 2. The molecule has 1 heterocycles. The molecule has 3 rings (SSSR count). The molecular formula is C17H16ClN3O2. The van der Waals surface area contributed by atoms with Gasteiger partial charge < -0.3 is 16.0 Å². The predicted octanol–water partition coefficient (Wildman–Crippen LogP) is 3.41. The Bertz CT molecular complexity index is 776. The van der Waals surface area contributed by atoms with Gasteiger partial charge in [-0.25, -0.2) is 0 Å². The van der Waals surface area contributed by atoms with Crippen LogP contribution in [0.5, 0.6) is 0 Å². The zero-order chi connectivity index (χ0) is 16.4. The molecule has 0 saturated heterocycles. The Labute approximate surface area is 139 Å². The van der Waals surface area contributed by atoms with Gasteiger partial charge in [0.2, 0.25) is 11.8 Å². The van der Waals surface area contributed by atoms with Crippen LogP contribution < -0.4 is 16.0 Å². The normalized spacial score (nSPS) is 16.1. The minimum atomic E-state index is -0.606. The molecule has 118 valence electrons. The molecule has 2 aromatic rings. The summed E-state index contributed by atoms with van der Waals surface area (Å²) in [6, 6.07) is 12.1. The highest BCUT2D eigenvalue weighted by Crippen LogP contribution is 2.27. The van der Waals surface area contributed by atoms with E-state index in [1.54, 1.807) is 12.1 Å². The first kappa shape index (κ1) is 15.4. The number of halogens is 1. The number of rotatable bonds is 3. The van der Waals surface area contributed by atoms with E-state index in [1.807, 2.05) is 37.3 Å². The summed E-state index contributed by atoms with van der Waals surface area (Å²) in [4.78, 5) is 24.2. The van der Waals surface area contributed by atoms with Gasteiger partial charge in [-0.3, -0.25) is 9.59 Å².